The number of carbonyl (C=O) groups is 3. The molecular formula is C22H20ClNO6S. The Labute approximate surface area is 188 Å². The van der Waals surface area contributed by atoms with E-state index in [9.17, 15) is 14.4 Å². The van der Waals surface area contributed by atoms with Crippen LogP contribution in [0.1, 0.15) is 18.1 Å². The molecule has 0 unspecified atom stereocenters. The molecule has 2 aromatic carbocycles. The first-order chi connectivity index (χ1) is 14.9. The second-order valence-corrected chi connectivity index (χ2v) is 7.83. The van der Waals surface area contributed by atoms with Gasteiger partial charge in [0.15, 0.2) is 18.1 Å². The summed E-state index contributed by atoms with van der Waals surface area (Å²) >= 11 is 6.76. The van der Waals surface area contributed by atoms with E-state index < -0.39 is 5.97 Å². The van der Waals surface area contributed by atoms with E-state index in [1.165, 1.54) is 12.0 Å². The minimum atomic E-state index is -0.513. The summed E-state index contributed by atoms with van der Waals surface area (Å²) in [6, 6.07) is 12.0. The number of methoxy groups -OCH3 is 1. The zero-order valence-corrected chi connectivity index (χ0v) is 18.5. The van der Waals surface area contributed by atoms with Gasteiger partial charge in [-0.25, -0.2) is 4.79 Å². The molecule has 1 heterocycles. The van der Waals surface area contributed by atoms with Gasteiger partial charge in [0, 0.05) is 5.02 Å². The summed E-state index contributed by atoms with van der Waals surface area (Å²) in [6.45, 7) is 2.12. The summed E-state index contributed by atoms with van der Waals surface area (Å²) in [5.41, 5.74) is 1.46. The Hall–Kier alpha value is -2.97. The summed E-state index contributed by atoms with van der Waals surface area (Å²) in [7, 11) is 1.28. The van der Waals surface area contributed by atoms with Gasteiger partial charge < -0.3 is 14.2 Å². The van der Waals surface area contributed by atoms with E-state index in [2.05, 4.69) is 4.74 Å². The number of rotatable bonds is 8. The molecule has 0 radical (unpaired) electrons. The highest BCUT2D eigenvalue weighted by Crippen LogP contribution is 2.35. The van der Waals surface area contributed by atoms with E-state index in [0.29, 0.717) is 33.6 Å². The number of esters is 1. The Kier molecular flexibility index (Phi) is 7.59. The van der Waals surface area contributed by atoms with E-state index in [1.807, 2.05) is 6.92 Å². The standard InChI is InChI=1S/C22H20ClNO6S/c1-3-29-18-10-15(6-9-17(18)30-13-20(25)28-2)11-19-21(26)24(22(27)31-19)12-14-4-7-16(23)8-5-14/h4-11H,3,12-13H2,1-2H3/b19-11-. The first-order valence-corrected chi connectivity index (χ1v) is 10.6. The van der Waals surface area contributed by atoms with Gasteiger partial charge in [-0.3, -0.25) is 14.5 Å². The lowest BCUT2D eigenvalue weighted by molar-refractivity contribution is -0.142. The second kappa shape index (κ2) is 10.4. The molecule has 9 heteroatoms. The number of halogens is 1. The molecule has 0 bridgehead atoms. The van der Waals surface area contributed by atoms with Gasteiger partial charge in [0.1, 0.15) is 0 Å². The molecule has 2 amide bonds. The first kappa shape index (κ1) is 22.7. The number of ether oxygens (including phenoxy) is 3. The van der Waals surface area contributed by atoms with Gasteiger partial charge in [0.25, 0.3) is 11.1 Å². The van der Waals surface area contributed by atoms with E-state index in [1.54, 1.807) is 48.5 Å². The normalized spacial score (nSPS) is 14.8. The monoisotopic (exact) mass is 461 g/mol. The van der Waals surface area contributed by atoms with Crippen molar-refractivity contribution in [2.75, 3.05) is 20.3 Å². The predicted octanol–water partition coefficient (Wildman–Crippen LogP) is 4.53. The molecule has 0 N–H and O–H groups in total. The van der Waals surface area contributed by atoms with Gasteiger partial charge in [-0.05, 0) is 60.2 Å². The largest absolute Gasteiger partial charge is 0.490 e. The van der Waals surface area contributed by atoms with Crippen molar-refractivity contribution in [3.63, 3.8) is 0 Å². The maximum atomic E-state index is 12.8. The number of thioether (sulfide) groups is 1. The van der Waals surface area contributed by atoms with E-state index in [0.717, 1.165) is 17.3 Å². The summed E-state index contributed by atoms with van der Waals surface area (Å²) < 4.78 is 15.6. The van der Waals surface area contributed by atoms with Crippen LogP contribution in [0, 0.1) is 0 Å². The maximum Gasteiger partial charge on any atom is 0.343 e. The average molecular weight is 462 g/mol. The zero-order chi connectivity index (χ0) is 22.4. The number of hydrogen-bond acceptors (Lipinski definition) is 7. The molecule has 0 aromatic heterocycles. The van der Waals surface area contributed by atoms with Crippen molar-refractivity contribution in [1.29, 1.82) is 0 Å². The maximum absolute atomic E-state index is 12.8. The molecule has 0 atom stereocenters. The van der Waals surface area contributed by atoms with Crippen molar-refractivity contribution in [3.8, 4) is 11.5 Å². The van der Waals surface area contributed by atoms with Crippen molar-refractivity contribution < 1.29 is 28.6 Å². The van der Waals surface area contributed by atoms with E-state index >= 15 is 0 Å². The second-order valence-electron chi connectivity index (χ2n) is 6.40. The average Bonchev–Trinajstić information content (AvgIpc) is 3.02. The summed E-state index contributed by atoms with van der Waals surface area (Å²) in [5.74, 6) is -0.0874. The van der Waals surface area contributed by atoms with Gasteiger partial charge in [0.05, 0.1) is 25.2 Å². The van der Waals surface area contributed by atoms with Gasteiger partial charge in [0.2, 0.25) is 0 Å². The van der Waals surface area contributed by atoms with Crippen LogP contribution in [-0.2, 0) is 20.9 Å². The first-order valence-electron chi connectivity index (χ1n) is 9.37. The van der Waals surface area contributed by atoms with Crippen LogP contribution in [0.5, 0.6) is 11.5 Å². The van der Waals surface area contributed by atoms with Gasteiger partial charge >= 0.3 is 5.97 Å². The lowest BCUT2D eigenvalue weighted by atomic mass is 10.1. The molecule has 0 saturated carbocycles. The summed E-state index contributed by atoms with van der Waals surface area (Å²) in [4.78, 5) is 37.9. The molecule has 2 aromatic rings. The van der Waals surface area contributed by atoms with E-state index in [-0.39, 0.29) is 24.3 Å². The fourth-order valence-electron chi connectivity index (χ4n) is 2.76. The molecule has 3 rings (SSSR count). The zero-order valence-electron chi connectivity index (χ0n) is 16.9. The Morgan fingerprint density at radius 1 is 1.10 bits per heavy atom. The van der Waals surface area contributed by atoms with Crippen molar-refractivity contribution in [1.82, 2.24) is 4.90 Å². The molecule has 1 aliphatic heterocycles. The fraction of sp³-hybridized carbons (Fsp3) is 0.227. The van der Waals surface area contributed by atoms with Crippen LogP contribution in [0.4, 0.5) is 4.79 Å². The molecule has 31 heavy (non-hydrogen) atoms. The van der Waals surface area contributed by atoms with Crippen LogP contribution >= 0.6 is 23.4 Å². The number of nitrogens with zero attached hydrogens (tertiary/aromatic N) is 1. The van der Waals surface area contributed by atoms with E-state index in [4.69, 9.17) is 21.1 Å². The number of imide groups is 1. The lowest BCUT2D eigenvalue weighted by Crippen LogP contribution is -2.27. The molecule has 162 valence electrons. The molecule has 0 spiro atoms. The minimum Gasteiger partial charge on any atom is -0.490 e. The molecule has 1 fully saturated rings. The van der Waals surface area contributed by atoms with Gasteiger partial charge in [-0.15, -0.1) is 0 Å². The summed E-state index contributed by atoms with van der Waals surface area (Å²) in [5, 5.41) is 0.246. The lowest BCUT2D eigenvalue weighted by Gasteiger charge is -2.13. The van der Waals surface area contributed by atoms with Crippen LogP contribution in [0.15, 0.2) is 47.4 Å². The minimum absolute atomic E-state index is 0.170. The van der Waals surface area contributed by atoms with Gasteiger partial charge in [-0.1, -0.05) is 29.8 Å². The smallest absolute Gasteiger partial charge is 0.343 e. The topological polar surface area (TPSA) is 82.1 Å². The Morgan fingerprint density at radius 3 is 2.52 bits per heavy atom. The highest BCUT2D eigenvalue weighted by atomic mass is 35.5. The quantitative estimate of drug-likeness (QED) is 0.422. The Bertz CT molecular complexity index is 1020. The Balaban J connectivity index is 1.77. The molecule has 1 saturated heterocycles. The molecule has 7 nitrogen and oxygen atoms in total. The van der Waals surface area contributed by atoms with Crippen molar-refractivity contribution in [2.24, 2.45) is 0 Å². The molecule has 0 aliphatic carbocycles. The van der Waals surface area contributed by atoms with Gasteiger partial charge in [-0.2, -0.15) is 0 Å². The van der Waals surface area contributed by atoms with Crippen molar-refractivity contribution in [3.05, 3.63) is 63.5 Å². The third kappa shape index (κ3) is 5.80. The molecule has 1 aliphatic rings. The third-order valence-corrected chi connectivity index (χ3v) is 5.43. The summed E-state index contributed by atoms with van der Waals surface area (Å²) in [6.07, 6.45) is 1.62. The highest BCUT2D eigenvalue weighted by molar-refractivity contribution is 8.18. The number of hydrogen-bond donors (Lipinski definition) is 0. The third-order valence-electron chi connectivity index (χ3n) is 4.27. The highest BCUT2D eigenvalue weighted by Gasteiger charge is 2.35. The number of carbonyl (C=O) groups excluding carboxylic acids is 3. The van der Waals surface area contributed by atoms with Crippen molar-refractivity contribution in [2.45, 2.75) is 13.5 Å². The fourth-order valence-corrected chi connectivity index (χ4v) is 3.72. The Morgan fingerprint density at radius 2 is 1.84 bits per heavy atom. The van der Waals surface area contributed by atoms with Crippen LogP contribution in [0.3, 0.4) is 0 Å². The SMILES string of the molecule is CCOc1cc(/C=C2\SC(=O)N(Cc3ccc(Cl)cc3)C2=O)ccc1OCC(=O)OC. The van der Waals surface area contributed by atoms with Crippen LogP contribution in [0.2, 0.25) is 5.02 Å². The number of amides is 2. The molecular weight excluding hydrogens is 442 g/mol. The van der Waals surface area contributed by atoms with Crippen molar-refractivity contribution >= 4 is 46.6 Å². The van der Waals surface area contributed by atoms with Crippen LogP contribution < -0.4 is 9.47 Å². The van der Waals surface area contributed by atoms with Crippen LogP contribution in [-0.4, -0.2) is 42.3 Å². The van der Waals surface area contributed by atoms with Crippen LogP contribution in [0.25, 0.3) is 6.08 Å². The predicted molar refractivity (Wildman–Crippen MR) is 118 cm³/mol. The number of benzene rings is 2.